The zero-order chi connectivity index (χ0) is 16.1. The molecule has 0 spiro atoms. The lowest BCUT2D eigenvalue weighted by atomic mass is 9.98. The summed E-state index contributed by atoms with van der Waals surface area (Å²) in [5.74, 6) is 0.436. The normalized spacial score (nSPS) is 11.1. The number of ketones is 1. The predicted molar refractivity (Wildman–Crippen MR) is 84.6 cm³/mol. The Hall–Kier alpha value is -2.95. The van der Waals surface area contributed by atoms with Crippen LogP contribution in [0, 0.1) is 10.1 Å². The van der Waals surface area contributed by atoms with Crippen molar-refractivity contribution in [2.24, 2.45) is 0 Å². The third-order valence-electron chi connectivity index (χ3n) is 3.17. The van der Waals surface area contributed by atoms with Gasteiger partial charge in [0.1, 0.15) is 5.75 Å². The summed E-state index contributed by atoms with van der Waals surface area (Å²) in [5, 5.41) is 10.8. The van der Waals surface area contributed by atoms with E-state index in [1.807, 2.05) is 12.1 Å². The van der Waals surface area contributed by atoms with Crippen LogP contribution < -0.4 is 4.74 Å². The lowest BCUT2D eigenvalue weighted by Crippen LogP contribution is -1.99. The first-order valence-corrected chi connectivity index (χ1v) is 6.63. The molecule has 0 saturated heterocycles. The molecular formula is C17H15NO4. The number of allylic oxidation sites excluding steroid dienone is 1. The molecule has 0 amide bonds. The zero-order valence-corrected chi connectivity index (χ0v) is 12.3. The topological polar surface area (TPSA) is 69.4 Å². The molecule has 5 heteroatoms. The van der Waals surface area contributed by atoms with Crippen molar-refractivity contribution in [1.29, 1.82) is 0 Å². The van der Waals surface area contributed by atoms with Crippen molar-refractivity contribution in [2.45, 2.75) is 6.92 Å². The van der Waals surface area contributed by atoms with Gasteiger partial charge in [0.2, 0.25) is 0 Å². The van der Waals surface area contributed by atoms with Crippen LogP contribution in [0.4, 0.5) is 5.69 Å². The molecule has 0 atom stereocenters. The Morgan fingerprint density at radius 2 is 1.91 bits per heavy atom. The molecule has 0 heterocycles. The molecule has 2 rings (SSSR count). The maximum absolute atomic E-state index is 12.0. The van der Waals surface area contributed by atoms with Gasteiger partial charge in [0.25, 0.3) is 5.69 Å². The van der Waals surface area contributed by atoms with Gasteiger partial charge in [-0.25, -0.2) is 0 Å². The Balaban J connectivity index is 2.55. The molecule has 5 nitrogen and oxygen atoms in total. The van der Waals surface area contributed by atoms with Crippen LogP contribution in [0.15, 0.2) is 48.5 Å². The van der Waals surface area contributed by atoms with E-state index in [9.17, 15) is 14.9 Å². The SMILES string of the molecule is COc1ccccc1C(=Cc1cccc([N+](=O)[O-])c1)C(C)=O. The van der Waals surface area contributed by atoms with Crippen molar-refractivity contribution < 1.29 is 14.5 Å². The van der Waals surface area contributed by atoms with E-state index in [0.717, 1.165) is 0 Å². The lowest BCUT2D eigenvalue weighted by Gasteiger charge is -2.10. The second kappa shape index (κ2) is 6.67. The Morgan fingerprint density at radius 1 is 1.18 bits per heavy atom. The van der Waals surface area contributed by atoms with Crippen LogP contribution in [0.25, 0.3) is 11.6 Å². The minimum atomic E-state index is -0.464. The van der Waals surface area contributed by atoms with Crippen LogP contribution in [-0.4, -0.2) is 17.8 Å². The molecule has 0 radical (unpaired) electrons. The second-order valence-electron chi connectivity index (χ2n) is 4.67. The molecule has 0 bridgehead atoms. The molecule has 2 aromatic carbocycles. The number of para-hydroxylation sites is 1. The fourth-order valence-corrected chi connectivity index (χ4v) is 2.13. The summed E-state index contributed by atoms with van der Waals surface area (Å²) in [6.45, 7) is 1.45. The van der Waals surface area contributed by atoms with E-state index < -0.39 is 4.92 Å². The Kier molecular flexibility index (Phi) is 4.68. The van der Waals surface area contributed by atoms with E-state index in [1.165, 1.54) is 26.2 Å². The number of hydrogen-bond acceptors (Lipinski definition) is 4. The molecule has 0 aliphatic carbocycles. The first kappa shape index (κ1) is 15.4. The Bertz CT molecular complexity index is 750. The van der Waals surface area contributed by atoms with Crippen LogP contribution >= 0.6 is 0 Å². The molecule has 0 fully saturated rings. The smallest absolute Gasteiger partial charge is 0.270 e. The largest absolute Gasteiger partial charge is 0.496 e. The summed E-state index contributed by atoms with van der Waals surface area (Å²) in [7, 11) is 1.53. The third kappa shape index (κ3) is 3.38. The number of rotatable bonds is 5. The Labute approximate surface area is 128 Å². The van der Waals surface area contributed by atoms with E-state index in [4.69, 9.17) is 4.74 Å². The van der Waals surface area contributed by atoms with Crippen LogP contribution in [0.5, 0.6) is 5.75 Å². The molecule has 0 aromatic heterocycles. The van der Waals surface area contributed by atoms with Gasteiger partial charge >= 0.3 is 0 Å². The summed E-state index contributed by atoms with van der Waals surface area (Å²) < 4.78 is 5.27. The Morgan fingerprint density at radius 3 is 2.55 bits per heavy atom. The number of non-ortho nitro benzene ring substituents is 1. The van der Waals surface area contributed by atoms with Gasteiger partial charge in [0, 0.05) is 23.3 Å². The third-order valence-corrected chi connectivity index (χ3v) is 3.17. The number of carbonyl (C=O) groups excluding carboxylic acids is 1. The fourth-order valence-electron chi connectivity index (χ4n) is 2.13. The summed E-state index contributed by atoms with van der Waals surface area (Å²) >= 11 is 0. The summed E-state index contributed by atoms with van der Waals surface area (Å²) in [4.78, 5) is 22.4. The van der Waals surface area contributed by atoms with Gasteiger partial charge in [-0.2, -0.15) is 0 Å². The van der Waals surface area contributed by atoms with Crippen molar-refractivity contribution in [3.63, 3.8) is 0 Å². The monoisotopic (exact) mass is 297 g/mol. The van der Waals surface area contributed by atoms with Crippen LogP contribution in [0.1, 0.15) is 18.1 Å². The van der Waals surface area contributed by atoms with E-state index in [1.54, 1.807) is 30.3 Å². The van der Waals surface area contributed by atoms with E-state index in [0.29, 0.717) is 22.4 Å². The summed E-state index contributed by atoms with van der Waals surface area (Å²) in [6.07, 6.45) is 1.63. The molecular weight excluding hydrogens is 282 g/mol. The average Bonchev–Trinajstić information content (AvgIpc) is 2.52. The number of benzene rings is 2. The highest BCUT2D eigenvalue weighted by Gasteiger charge is 2.13. The molecule has 2 aromatic rings. The van der Waals surface area contributed by atoms with Gasteiger partial charge in [-0.1, -0.05) is 30.3 Å². The van der Waals surface area contributed by atoms with Gasteiger partial charge in [-0.15, -0.1) is 0 Å². The van der Waals surface area contributed by atoms with Crippen molar-refractivity contribution >= 4 is 23.1 Å². The maximum Gasteiger partial charge on any atom is 0.270 e. The minimum absolute atomic E-state index is 0.0170. The second-order valence-corrected chi connectivity index (χ2v) is 4.67. The number of carbonyl (C=O) groups is 1. The average molecular weight is 297 g/mol. The molecule has 0 saturated carbocycles. The number of nitro benzene ring substituents is 1. The van der Waals surface area contributed by atoms with Gasteiger partial charge in [-0.3, -0.25) is 14.9 Å². The fraction of sp³-hybridized carbons (Fsp3) is 0.118. The number of nitro groups is 1. The molecule has 22 heavy (non-hydrogen) atoms. The molecule has 0 unspecified atom stereocenters. The van der Waals surface area contributed by atoms with Crippen molar-refractivity contribution in [3.05, 3.63) is 69.8 Å². The highest BCUT2D eigenvalue weighted by molar-refractivity contribution is 6.24. The number of methoxy groups -OCH3 is 1. The number of Topliss-reactive ketones (excluding diaryl/α,β-unsaturated/α-hetero) is 1. The van der Waals surface area contributed by atoms with Crippen LogP contribution in [0.3, 0.4) is 0 Å². The first-order chi connectivity index (χ1) is 10.5. The zero-order valence-electron chi connectivity index (χ0n) is 12.3. The number of nitrogens with zero attached hydrogens (tertiary/aromatic N) is 1. The highest BCUT2D eigenvalue weighted by Crippen LogP contribution is 2.28. The lowest BCUT2D eigenvalue weighted by molar-refractivity contribution is -0.384. The standard InChI is InChI=1S/C17H15NO4/c1-12(19)16(15-8-3-4-9-17(15)22-2)11-13-6-5-7-14(10-13)18(20)21/h3-11H,1-2H3. The van der Waals surface area contributed by atoms with Crippen molar-refractivity contribution in [2.75, 3.05) is 7.11 Å². The van der Waals surface area contributed by atoms with Gasteiger partial charge in [-0.05, 0) is 24.6 Å². The molecule has 0 N–H and O–H groups in total. The summed E-state index contributed by atoms with van der Waals surface area (Å²) in [6, 6.07) is 13.3. The number of ether oxygens (including phenoxy) is 1. The predicted octanol–water partition coefficient (Wildman–Crippen LogP) is 3.73. The van der Waals surface area contributed by atoms with Crippen molar-refractivity contribution in [3.8, 4) is 5.75 Å². The first-order valence-electron chi connectivity index (χ1n) is 6.63. The van der Waals surface area contributed by atoms with Gasteiger partial charge in [0.05, 0.1) is 12.0 Å². The number of hydrogen-bond donors (Lipinski definition) is 0. The van der Waals surface area contributed by atoms with Crippen molar-refractivity contribution in [1.82, 2.24) is 0 Å². The quantitative estimate of drug-likeness (QED) is 0.365. The molecule has 0 aliphatic heterocycles. The van der Waals surface area contributed by atoms with Crippen LogP contribution in [0.2, 0.25) is 0 Å². The van der Waals surface area contributed by atoms with E-state index in [2.05, 4.69) is 0 Å². The van der Waals surface area contributed by atoms with Crippen LogP contribution in [-0.2, 0) is 4.79 Å². The van der Waals surface area contributed by atoms with Gasteiger partial charge < -0.3 is 4.74 Å². The van der Waals surface area contributed by atoms with E-state index >= 15 is 0 Å². The van der Waals surface area contributed by atoms with E-state index in [-0.39, 0.29) is 11.5 Å². The molecule has 112 valence electrons. The highest BCUT2D eigenvalue weighted by atomic mass is 16.6. The van der Waals surface area contributed by atoms with Gasteiger partial charge in [0.15, 0.2) is 5.78 Å². The minimum Gasteiger partial charge on any atom is -0.496 e. The molecule has 0 aliphatic rings. The maximum atomic E-state index is 12.0. The summed E-state index contributed by atoms with van der Waals surface area (Å²) in [5.41, 5.74) is 1.67.